The van der Waals surface area contributed by atoms with Gasteiger partial charge in [0.2, 0.25) is 5.88 Å². The van der Waals surface area contributed by atoms with E-state index in [-0.39, 0.29) is 37.7 Å². The zero-order chi connectivity index (χ0) is 23.3. The lowest BCUT2D eigenvalue weighted by Gasteiger charge is -2.31. The van der Waals surface area contributed by atoms with Gasteiger partial charge in [0.05, 0.1) is 11.3 Å². The zero-order valence-electron chi connectivity index (χ0n) is 18.1. The molecule has 1 aliphatic heterocycles. The maximum Gasteiger partial charge on any atom is 0.413 e. The maximum absolute atomic E-state index is 13.4. The van der Waals surface area contributed by atoms with Crippen LogP contribution in [-0.2, 0) is 0 Å². The van der Waals surface area contributed by atoms with Crippen LogP contribution in [0.4, 0.5) is 19.5 Å². The second-order valence-corrected chi connectivity index (χ2v) is 8.76. The summed E-state index contributed by atoms with van der Waals surface area (Å²) in [4.78, 5) is 30.9. The number of carboxylic acid groups (broad SMARTS) is 1. The molecule has 2 fully saturated rings. The van der Waals surface area contributed by atoms with Crippen LogP contribution in [0.1, 0.15) is 47.5 Å². The van der Waals surface area contributed by atoms with Crippen molar-refractivity contribution in [2.24, 2.45) is 0 Å². The summed E-state index contributed by atoms with van der Waals surface area (Å²) in [6, 6.07) is 9.00. The molecule has 0 spiro atoms. The van der Waals surface area contributed by atoms with Gasteiger partial charge in [0.15, 0.2) is 0 Å². The standard InChI is InChI=1S/C24H23F2N3O4/c1-28(23(31)32)20-12-17-10-16(11-18(14-2-3-14)21(17)33-20)19-5-4-15(13-27-19)22(30)29-8-6-24(25,26)7-9-29/h4-5,10-14H,2-3,6-9H2,1H3,(H,31,32). The van der Waals surface area contributed by atoms with Crippen LogP contribution >= 0.6 is 0 Å². The molecule has 0 atom stereocenters. The van der Waals surface area contributed by atoms with Crippen molar-refractivity contribution in [3.63, 3.8) is 0 Å². The third-order valence-electron chi connectivity index (χ3n) is 6.36. The van der Waals surface area contributed by atoms with Gasteiger partial charge >= 0.3 is 6.09 Å². The van der Waals surface area contributed by atoms with Gasteiger partial charge in [-0.2, -0.15) is 0 Å². The molecule has 172 valence electrons. The Morgan fingerprint density at radius 3 is 2.52 bits per heavy atom. The average molecular weight is 455 g/mol. The van der Waals surface area contributed by atoms with Crippen molar-refractivity contribution in [1.29, 1.82) is 0 Å². The molecule has 1 saturated carbocycles. The fraction of sp³-hybridized carbons (Fsp3) is 0.375. The van der Waals surface area contributed by atoms with Crippen molar-refractivity contribution in [3.8, 4) is 11.3 Å². The summed E-state index contributed by atoms with van der Waals surface area (Å²) in [7, 11) is 1.43. The van der Waals surface area contributed by atoms with Gasteiger partial charge in [-0.05, 0) is 48.6 Å². The Morgan fingerprint density at radius 2 is 1.91 bits per heavy atom. The Hall–Kier alpha value is -3.49. The van der Waals surface area contributed by atoms with E-state index in [0.29, 0.717) is 22.8 Å². The Kier molecular flexibility index (Phi) is 5.07. The fourth-order valence-electron chi connectivity index (χ4n) is 4.18. The molecule has 1 N–H and O–H groups in total. The first kappa shape index (κ1) is 21.4. The minimum absolute atomic E-state index is 0.0304. The summed E-state index contributed by atoms with van der Waals surface area (Å²) >= 11 is 0. The van der Waals surface area contributed by atoms with Gasteiger partial charge in [-0.15, -0.1) is 0 Å². The van der Waals surface area contributed by atoms with Crippen molar-refractivity contribution in [2.75, 3.05) is 25.0 Å². The number of carbonyl (C=O) groups excluding carboxylic acids is 1. The second-order valence-electron chi connectivity index (χ2n) is 8.76. The van der Waals surface area contributed by atoms with E-state index in [2.05, 4.69) is 4.98 Å². The topological polar surface area (TPSA) is 86.9 Å². The molecule has 0 radical (unpaired) electrons. The molecule has 2 aromatic heterocycles. The van der Waals surface area contributed by atoms with Crippen LogP contribution in [0.5, 0.6) is 0 Å². The van der Waals surface area contributed by atoms with E-state index in [0.717, 1.165) is 34.3 Å². The molecule has 1 aromatic carbocycles. The van der Waals surface area contributed by atoms with Crippen LogP contribution < -0.4 is 4.90 Å². The summed E-state index contributed by atoms with van der Waals surface area (Å²) in [5.74, 6) is -2.39. The van der Waals surface area contributed by atoms with Gasteiger partial charge in [0.25, 0.3) is 11.8 Å². The Morgan fingerprint density at radius 1 is 1.18 bits per heavy atom. The van der Waals surface area contributed by atoms with Crippen LogP contribution in [0, 0.1) is 0 Å². The van der Waals surface area contributed by atoms with Gasteiger partial charge in [-0.3, -0.25) is 14.7 Å². The number of aromatic nitrogens is 1. The molecule has 5 rings (SSSR count). The molecule has 2 aliphatic rings. The summed E-state index contributed by atoms with van der Waals surface area (Å²) in [5, 5.41) is 10.0. The van der Waals surface area contributed by atoms with Crippen LogP contribution in [0.15, 0.2) is 40.9 Å². The summed E-state index contributed by atoms with van der Waals surface area (Å²) in [5.41, 5.74) is 3.56. The highest BCUT2D eigenvalue weighted by Crippen LogP contribution is 2.46. The molecule has 9 heteroatoms. The largest absolute Gasteiger partial charge is 0.465 e. The summed E-state index contributed by atoms with van der Waals surface area (Å²) in [6.45, 7) is 0.0607. The van der Waals surface area contributed by atoms with Crippen molar-refractivity contribution in [1.82, 2.24) is 9.88 Å². The Bertz CT molecular complexity index is 1220. The lowest BCUT2D eigenvalue weighted by Crippen LogP contribution is -2.42. The van der Waals surface area contributed by atoms with E-state index < -0.39 is 12.0 Å². The van der Waals surface area contributed by atoms with Crippen molar-refractivity contribution in [3.05, 3.63) is 47.7 Å². The minimum Gasteiger partial charge on any atom is -0.465 e. The van der Waals surface area contributed by atoms with Gasteiger partial charge in [-0.1, -0.05) is 0 Å². The molecule has 2 amide bonds. The number of carbonyl (C=O) groups is 2. The predicted molar refractivity (Wildman–Crippen MR) is 118 cm³/mol. The predicted octanol–water partition coefficient (Wildman–Crippen LogP) is 5.36. The smallest absolute Gasteiger partial charge is 0.413 e. The van der Waals surface area contributed by atoms with E-state index in [9.17, 15) is 23.5 Å². The van der Waals surface area contributed by atoms with Crippen LogP contribution in [0.3, 0.4) is 0 Å². The van der Waals surface area contributed by atoms with E-state index in [4.69, 9.17) is 4.42 Å². The number of hydrogen-bond donors (Lipinski definition) is 1. The zero-order valence-corrected chi connectivity index (χ0v) is 18.1. The van der Waals surface area contributed by atoms with Gasteiger partial charge < -0.3 is 14.4 Å². The normalized spacial score (nSPS) is 17.8. The highest BCUT2D eigenvalue weighted by molar-refractivity contribution is 5.95. The van der Waals surface area contributed by atoms with E-state index in [1.807, 2.05) is 12.1 Å². The molecule has 7 nitrogen and oxygen atoms in total. The molecular weight excluding hydrogens is 432 g/mol. The number of pyridine rings is 1. The van der Waals surface area contributed by atoms with E-state index in [1.54, 1.807) is 18.2 Å². The Balaban J connectivity index is 1.43. The van der Waals surface area contributed by atoms with Crippen LogP contribution in [0.2, 0.25) is 0 Å². The van der Waals surface area contributed by atoms with Crippen molar-refractivity contribution < 1.29 is 27.9 Å². The monoisotopic (exact) mass is 455 g/mol. The van der Waals surface area contributed by atoms with Gasteiger partial charge in [0.1, 0.15) is 5.58 Å². The van der Waals surface area contributed by atoms with E-state index in [1.165, 1.54) is 18.1 Å². The third-order valence-corrected chi connectivity index (χ3v) is 6.36. The number of amides is 2. The van der Waals surface area contributed by atoms with Crippen LogP contribution in [0.25, 0.3) is 22.2 Å². The third kappa shape index (κ3) is 4.15. The fourth-order valence-corrected chi connectivity index (χ4v) is 4.18. The molecule has 3 heterocycles. The molecule has 1 aliphatic carbocycles. The lowest BCUT2D eigenvalue weighted by atomic mass is 10.0. The first-order chi connectivity index (χ1) is 15.7. The molecule has 33 heavy (non-hydrogen) atoms. The quantitative estimate of drug-likeness (QED) is 0.573. The molecule has 3 aromatic rings. The van der Waals surface area contributed by atoms with Gasteiger partial charge in [-0.25, -0.2) is 13.6 Å². The highest BCUT2D eigenvalue weighted by Gasteiger charge is 2.36. The number of furan rings is 1. The molecule has 1 saturated heterocycles. The highest BCUT2D eigenvalue weighted by atomic mass is 19.3. The second kappa shape index (κ2) is 7.83. The van der Waals surface area contributed by atoms with Gasteiger partial charge in [0, 0.05) is 56.2 Å². The summed E-state index contributed by atoms with van der Waals surface area (Å²) < 4.78 is 32.6. The number of benzene rings is 1. The van der Waals surface area contributed by atoms with Crippen molar-refractivity contribution >= 4 is 28.9 Å². The number of piperidine rings is 1. The number of fused-ring (bicyclic) bond motifs is 1. The number of hydrogen-bond acceptors (Lipinski definition) is 4. The molecule has 0 unspecified atom stereocenters. The number of alkyl halides is 2. The minimum atomic E-state index is -2.71. The first-order valence-corrected chi connectivity index (χ1v) is 10.9. The van der Waals surface area contributed by atoms with Crippen LogP contribution in [-0.4, -0.2) is 53.1 Å². The number of halogens is 2. The average Bonchev–Trinajstić information content (AvgIpc) is 3.55. The number of rotatable bonds is 4. The number of likely N-dealkylation sites (tertiary alicyclic amines) is 1. The summed E-state index contributed by atoms with van der Waals surface area (Å²) in [6.07, 6.45) is 1.81. The Labute approximate surface area is 188 Å². The number of nitrogens with zero attached hydrogens (tertiary/aromatic N) is 3. The first-order valence-electron chi connectivity index (χ1n) is 10.9. The number of anilines is 1. The molecule has 0 bridgehead atoms. The molecular formula is C24H23F2N3O4. The van der Waals surface area contributed by atoms with Crippen molar-refractivity contribution in [2.45, 2.75) is 37.5 Å². The maximum atomic E-state index is 13.4. The van der Waals surface area contributed by atoms with E-state index >= 15 is 0 Å². The lowest BCUT2D eigenvalue weighted by molar-refractivity contribution is -0.0494. The SMILES string of the molecule is CN(C(=O)O)c1cc2cc(-c3ccc(C(=O)N4CCC(F)(F)CC4)cn3)cc(C3CC3)c2o1.